The SMILES string of the molecule is CC1=[C-]C(C)(C)C(C)=C1C.[Hf].c1ccccc1. The van der Waals surface area contributed by atoms with Gasteiger partial charge in [0.25, 0.3) is 0 Å². The van der Waals surface area contributed by atoms with Crippen molar-refractivity contribution in [3.05, 3.63) is 59.2 Å². The van der Waals surface area contributed by atoms with E-state index in [1.807, 2.05) is 36.4 Å². The molecule has 0 unspecified atom stereocenters. The Hall–Kier alpha value is -0.430. The molecule has 0 atom stereocenters. The first-order valence-electron chi connectivity index (χ1n) is 5.75. The molecule has 1 aromatic rings. The van der Waals surface area contributed by atoms with Crippen LogP contribution in [0.1, 0.15) is 34.6 Å². The summed E-state index contributed by atoms with van der Waals surface area (Å²) in [4.78, 5) is 0. The molecule has 1 aromatic carbocycles. The van der Waals surface area contributed by atoms with Crippen molar-refractivity contribution in [2.24, 2.45) is 5.41 Å². The van der Waals surface area contributed by atoms with Crippen LogP contribution in [0.15, 0.2) is 53.1 Å². The van der Waals surface area contributed by atoms with Gasteiger partial charge >= 0.3 is 0 Å². The van der Waals surface area contributed by atoms with Crippen LogP contribution < -0.4 is 0 Å². The second kappa shape index (κ2) is 7.10. The Balaban J connectivity index is 0.000000316. The molecule has 0 saturated heterocycles. The van der Waals surface area contributed by atoms with Crippen molar-refractivity contribution in [1.29, 1.82) is 0 Å². The number of benzene rings is 1. The molecule has 2 rings (SSSR count). The second-order valence-corrected chi connectivity index (χ2v) is 4.78. The third-order valence-electron chi connectivity index (χ3n) is 3.23. The number of hydrogen-bond donors (Lipinski definition) is 0. The fourth-order valence-electron chi connectivity index (χ4n) is 1.79. The fraction of sp³-hybridized carbons (Fsp3) is 0.375. The first-order chi connectivity index (χ1) is 7.45. The summed E-state index contributed by atoms with van der Waals surface area (Å²) in [6.45, 7) is 10.9. The largest absolute Gasteiger partial charge is 0.263 e. The maximum Gasteiger partial charge on any atom is 0 e. The molecule has 0 radical (unpaired) electrons. The molecule has 1 aliphatic rings. The Labute approximate surface area is 125 Å². The van der Waals surface area contributed by atoms with E-state index in [9.17, 15) is 0 Å². The minimum atomic E-state index is 0. The van der Waals surface area contributed by atoms with Crippen LogP contribution in [0.25, 0.3) is 0 Å². The van der Waals surface area contributed by atoms with Crippen molar-refractivity contribution in [2.45, 2.75) is 34.6 Å². The van der Waals surface area contributed by atoms with Gasteiger partial charge in [0.15, 0.2) is 0 Å². The van der Waals surface area contributed by atoms with Crippen LogP contribution in [0.3, 0.4) is 0 Å². The first-order valence-corrected chi connectivity index (χ1v) is 5.75. The van der Waals surface area contributed by atoms with E-state index >= 15 is 0 Å². The van der Waals surface area contributed by atoms with Gasteiger partial charge in [-0.3, -0.25) is 6.08 Å². The zero-order valence-electron chi connectivity index (χ0n) is 11.5. The molecule has 0 aromatic heterocycles. The molecule has 0 fully saturated rings. The predicted octanol–water partition coefficient (Wildman–Crippen LogP) is 4.80. The van der Waals surface area contributed by atoms with Gasteiger partial charge in [-0.2, -0.15) is 11.1 Å². The topological polar surface area (TPSA) is 0 Å². The molecule has 0 N–H and O–H groups in total. The molecule has 17 heavy (non-hydrogen) atoms. The minimum absolute atomic E-state index is 0. The molecule has 0 nitrogen and oxygen atoms in total. The summed E-state index contributed by atoms with van der Waals surface area (Å²) in [5, 5.41) is 0. The second-order valence-electron chi connectivity index (χ2n) is 4.78. The molecule has 1 aliphatic carbocycles. The van der Waals surface area contributed by atoms with Gasteiger partial charge < -0.3 is 0 Å². The first kappa shape index (κ1) is 16.6. The van der Waals surface area contributed by atoms with Crippen LogP contribution in [-0.4, -0.2) is 0 Å². The van der Waals surface area contributed by atoms with Crippen LogP contribution in [0, 0.1) is 11.5 Å². The van der Waals surface area contributed by atoms with E-state index in [0.29, 0.717) is 0 Å². The quantitative estimate of drug-likeness (QED) is 0.440. The number of rotatable bonds is 0. The Morgan fingerprint density at radius 2 is 1.18 bits per heavy atom. The van der Waals surface area contributed by atoms with E-state index in [1.165, 1.54) is 16.7 Å². The summed E-state index contributed by atoms with van der Waals surface area (Å²) in [5.74, 6) is 0. The van der Waals surface area contributed by atoms with E-state index in [0.717, 1.165) is 0 Å². The van der Waals surface area contributed by atoms with Gasteiger partial charge in [0, 0.05) is 25.8 Å². The Bertz CT molecular complexity index is 370. The molecule has 0 aliphatic heterocycles. The molecule has 0 bridgehead atoms. The molecule has 0 amide bonds. The summed E-state index contributed by atoms with van der Waals surface area (Å²) < 4.78 is 0. The standard InChI is InChI=1S/C10H15.C6H6.Hf/c1-7-6-10(4,5)9(3)8(7)2;1-2-4-6-5-3-1;/h1-5H3;1-6H;/q-1;;. The van der Waals surface area contributed by atoms with Gasteiger partial charge in [-0.15, -0.1) is 6.92 Å². The third kappa shape index (κ3) is 4.75. The summed E-state index contributed by atoms with van der Waals surface area (Å²) >= 11 is 0. The predicted molar refractivity (Wildman–Crippen MR) is 71.0 cm³/mol. The summed E-state index contributed by atoms with van der Waals surface area (Å²) in [6.07, 6.45) is 3.44. The van der Waals surface area contributed by atoms with Crippen LogP contribution in [0.5, 0.6) is 0 Å². The van der Waals surface area contributed by atoms with E-state index in [2.05, 4.69) is 40.7 Å². The molecule has 90 valence electrons. The normalized spacial score (nSPS) is 16.6. The average molecular weight is 392 g/mol. The van der Waals surface area contributed by atoms with Crippen molar-refractivity contribution in [2.75, 3.05) is 0 Å². The van der Waals surface area contributed by atoms with E-state index in [1.54, 1.807) is 0 Å². The third-order valence-corrected chi connectivity index (χ3v) is 3.23. The van der Waals surface area contributed by atoms with Gasteiger partial charge in [0.1, 0.15) is 0 Å². The summed E-state index contributed by atoms with van der Waals surface area (Å²) in [5.41, 5.74) is 4.39. The Morgan fingerprint density at radius 3 is 1.29 bits per heavy atom. The van der Waals surface area contributed by atoms with Gasteiger partial charge in [-0.1, -0.05) is 69.5 Å². The van der Waals surface area contributed by atoms with Crippen LogP contribution >= 0.6 is 0 Å². The van der Waals surface area contributed by atoms with Crippen molar-refractivity contribution in [3.63, 3.8) is 0 Å². The summed E-state index contributed by atoms with van der Waals surface area (Å²) in [6, 6.07) is 12.0. The van der Waals surface area contributed by atoms with Gasteiger partial charge in [0.2, 0.25) is 0 Å². The van der Waals surface area contributed by atoms with E-state index in [-0.39, 0.29) is 31.3 Å². The Morgan fingerprint density at radius 1 is 0.824 bits per heavy atom. The Kier molecular flexibility index (Phi) is 6.92. The van der Waals surface area contributed by atoms with Gasteiger partial charge in [-0.25, -0.2) is 5.57 Å². The zero-order valence-corrected chi connectivity index (χ0v) is 15.1. The van der Waals surface area contributed by atoms with Crippen LogP contribution in [-0.2, 0) is 25.8 Å². The number of allylic oxidation sites excluding steroid dienone is 4. The van der Waals surface area contributed by atoms with Gasteiger partial charge in [-0.05, 0) is 0 Å². The van der Waals surface area contributed by atoms with Crippen molar-refractivity contribution in [3.8, 4) is 0 Å². The maximum absolute atomic E-state index is 3.44. The monoisotopic (exact) mass is 393 g/mol. The van der Waals surface area contributed by atoms with Crippen LogP contribution in [0.2, 0.25) is 0 Å². The van der Waals surface area contributed by atoms with E-state index < -0.39 is 0 Å². The van der Waals surface area contributed by atoms with E-state index in [4.69, 9.17) is 0 Å². The zero-order chi connectivity index (χ0) is 12.2. The molecule has 0 heterocycles. The van der Waals surface area contributed by atoms with Crippen molar-refractivity contribution >= 4 is 0 Å². The molecule has 1 heteroatoms. The van der Waals surface area contributed by atoms with Crippen LogP contribution in [0.4, 0.5) is 0 Å². The summed E-state index contributed by atoms with van der Waals surface area (Å²) in [7, 11) is 0. The molecular formula is C16H21Hf-. The van der Waals surface area contributed by atoms with Crippen molar-refractivity contribution in [1.82, 2.24) is 0 Å². The average Bonchev–Trinajstić information content (AvgIpc) is 2.45. The molecular weight excluding hydrogens is 371 g/mol. The number of hydrogen-bond acceptors (Lipinski definition) is 0. The smallest absolute Gasteiger partial charge is 0 e. The minimum Gasteiger partial charge on any atom is -0.263 e. The fourth-order valence-corrected chi connectivity index (χ4v) is 1.79. The molecule has 0 spiro atoms. The maximum atomic E-state index is 3.44. The van der Waals surface area contributed by atoms with Crippen molar-refractivity contribution < 1.29 is 25.8 Å². The molecule has 0 saturated carbocycles. The van der Waals surface area contributed by atoms with Gasteiger partial charge in [0.05, 0.1) is 0 Å².